The largest absolute Gasteiger partial charge is 0.491 e. The molecule has 6 nitrogen and oxygen atoms in total. The second-order valence-corrected chi connectivity index (χ2v) is 4.44. The van der Waals surface area contributed by atoms with Crippen LogP contribution in [-0.4, -0.2) is 47.7 Å². The molecule has 1 fully saturated rings. The molecule has 6 heteroatoms. The smallest absolute Gasteiger partial charge is 0.324 e. The maximum absolute atomic E-state index is 11.3. The second-order valence-electron chi connectivity index (χ2n) is 4.44. The number of carbonyl (C=O) groups is 2. The van der Waals surface area contributed by atoms with Crippen molar-refractivity contribution in [2.45, 2.75) is 13.0 Å². The van der Waals surface area contributed by atoms with Gasteiger partial charge in [0.05, 0.1) is 13.1 Å². The Balaban J connectivity index is 1.81. The van der Waals surface area contributed by atoms with E-state index < -0.39 is 12.1 Å². The Hall–Kier alpha value is -2.08. The molecular weight excluding hydrogens is 248 g/mol. The van der Waals surface area contributed by atoms with Crippen LogP contribution in [0.1, 0.15) is 5.56 Å². The molecule has 2 rings (SSSR count). The number of urea groups is 1. The zero-order valence-corrected chi connectivity index (χ0v) is 10.6. The Kier molecular flexibility index (Phi) is 4.01. The molecule has 1 atom stereocenters. The van der Waals surface area contributed by atoms with Gasteiger partial charge in [-0.15, -0.1) is 0 Å². The molecule has 19 heavy (non-hydrogen) atoms. The maximum Gasteiger partial charge on any atom is 0.324 e. The van der Waals surface area contributed by atoms with Crippen LogP contribution in [0.5, 0.6) is 5.75 Å². The van der Waals surface area contributed by atoms with Crippen molar-refractivity contribution in [3.05, 3.63) is 29.8 Å². The van der Waals surface area contributed by atoms with E-state index in [1.54, 1.807) is 12.1 Å². The number of ether oxygens (including phenoxy) is 1. The van der Waals surface area contributed by atoms with Gasteiger partial charge in [-0.2, -0.15) is 0 Å². The minimum atomic E-state index is -0.908. The molecule has 3 amide bonds. The van der Waals surface area contributed by atoms with Crippen molar-refractivity contribution in [2.24, 2.45) is 0 Å². The van der Waals surface area contributed by atoms with Crippen molar-refractivity contribution in [1.29, 1.82) is 0 Å². The number of nitrogens with zero attached hydrogens (tertiary/aromatic N) is 1. The molecule has 102 valence electrons. The van der Waals surface area contributed by atoms with Crippen LogP contribution in [0.2, 0.25) is 0 Å². The lowest BCUT2D eigenvalue weighted by molar-refractivity contribution is -0.126. The minimum absolute atomic E-state index is 0.00955. The van der Waals surface area contributed by atoms with Gasteiger partial charge in [0, 0.05) is 0 Å². The van der Waals surface area contributed by atoms with Crippen LogP contribution in [0.15, 0.2) is 24.3 Å². The van der Waals surface area contributed by atoms with E-state index in [9.17, 15) is 14.7 Å². The van der Waals surface area contributed by atoms with E-state index >= 15 is 0 Å². The molecule has 0 saturated carbocycles. The van der Waals surface area contributed by atoms with E-state index in [1.165, 1.54) is 0 Å². The summed E-state index contributed by atoms with van der Waals surface area (Å²) in [5.74, 6) is 0.307. The first-order valence-electron chi connectivity index (χ1n) is 6.02. The highest BCUT2D eigenvalue weighted by atomic mass is 16.5. The van der Waals surface area contributed by atoms with Gasteiger partial charge in [0.15, 0.2) is 0 Å². The summed E-state index contributed by atoms with van der Waals surface area (Å²) in [7, 11) is 0. The molecule has 0 aromatic heterocycles. The first-order chi connectivity index (χ1) is 9.06. The number of imide groups is 1. The summed E-state index contributed by atoms with van der Waals surface area (Å²) in [6.07, 6.45) is -0.908. The fourth-order valence-corrected chi connectivity index (χ4v) is 1.73. The normalized spacial score (nSPS) is 16.4. The van der Waals surface area contributed by atoms with Gasteiger partial charge in [-0.3, -0.25) is 9.69 Å². The zero-order valence-electron chi connectivity index (χ0n) is 10.6. The van der Waals surface area contributed by atoms with Crippen molar-refractivity contribution in [2.75, 3.05) is 19.7 Å². The van der Waals surface area contributed by atoms with Crippen LogP contribution >= 0.6 is 0 Å². The third kappa shape index (κ3) is 3.45. The number of amides is 3. The second kappa shape index (κ2) is 5.71. The fourth-order valence-electron chi connectivity index (χ4n) is 1.73. The molecule has 1 heterocycles. The molecule has 1 saturated heterocycles. The standard InChI is InChI=1S/C13H16N2O4/c1-9-2-4-11(5-3-9)19-8-10(16)7-15-12(17)6-14-13(15)18/h2-5,10,16H,6-8H2,1H3,(H,14,18)/t10-/m1/s1. The number of aryl methyl sites for hydroxylation is 1. The molecule has 2 N–H and O–H groups in total. The Bertz CT molecular complexity index is 456. The highest BCUT2D eigenvalue weighted by Crippen LogP contribution is 2.12. The topological polar surface area (TPSA) is 78.9 Å². The lowest BCUT2D eigenvalue weighted by Crippen LogP contribution is -2.39. The summed E-state index contributed by atoms with van der Waals surface area (Å²) in [5.41, 5.74) is 1.12. The predicted molar refractivity (Wildman–Crippen MR) is 67.8 cm³/mol. The third-order valence-electron chi connectivity index (χ3n) is 2.79. The van der Waals surface area contributed by atoms with Crippen LogP contribution in [0, 0.1) is 6.92 Å². The van der Waals surface area contributed by atoms with Crippen molar-refractivity contribution >= 4 is 11.9 Å². The molecule has 1 aliphatic heterocycles. The summed E-state index contributed by atoms with van der Waals surface area (Å²) in [6.45, 7) is 1.93. The highest BCUT2D eigenvalue weighted by molar-refractivity contribution is 6.01. The average Bonchev–Trinajstić information content (AvgIpc) is 2.70. The summed E-state index contributed by atoms with van der Waals surface area (Å²) >= 11 is 0. The number of rotatable bonds is 5. The quantitative estimate of drug-likeness (QED) is 0.749. The van der Waals surface area contributed by atoms with Crippen molar-refractivity contribution in [3.8, 4) is 5.75 Å². The van der Waals surface area contributed by atoms with Gasteiger partial charge in [-0.25, -0.2) is 4.79 Å². The lowest BCUT2D eigenvalue weighted by Gasteiger charge is -2.17. The average molecular weight is 264 g/mol. The van der Waals surface area contributed by atoms with Gasteiger partial charge in [0.1, 0.15) is 18.5 Å². The minimum Gasteiger partial charge on any atom is -0.491 e. The SMILES string of the molecule is Cc1ccc(OC[C@H](O)CN2C(=O)CNC2=O)cc1. The van der Waals surface area contributed by atoms with E-state index in [2.05, 4.69) is 5.32 Å². The number of carbonyl (C=O) groups excluding carboxylic acids is 2. The molecule has 1 aromatic carbocycles. The van der Waals surface area contributed by atoms with Crippen molar-refractivity contribution in [1.82, 2.24) is 10.2 Å². The van der Waals surface area contributed by atoms with E-state index in [-0.39, 0.29) is 25.6 Å². The number of hydrogen-bond donors (Lipinski definition) is 2. The monoisotopic (exact) mass is 264 g/mol. The van der Waals surface area contributed by atoms with Crippen LogP contribution in [0.4, 0.5) is 4.79 Å². The molecule has 0 radical (unpaired) electrons. The highest BCUT2D eigenvalue weighted by Gasteiger charge is 2.30. The molecule has 0 bridgehead atoms. The van der Waals surface area contributed by atoms with E-state index in [1.807, 2.05) is 19.1 Å². The molecule has 1 aromatic rings. The van der Waals surface area contributed by atoms with Gasteiger partial charge in [0.25, 0.3) is 0 Å². The van der Waals surface area contributed by atoms with Crippen LogP contribution < -0.4 is 10.1 Å². The van der Waals surface area contributed by atoms with Crippen LogP contribution in [0.25, 0.3) is 0 Å². The van der Waals surface area contributed by atoms with Gasteiger partial charge in [-0.1, -0.05) is 17.7 Å². The fraction of sp³-hybridized carbons (Fsp3) is 0.385. The number of benzene rings is 1. The maximum atomic E-state index is 11.3. The van der Waals surface area contributed by atoms with E-state index in [0.29, 0.717) is 5.75 Å². The summed E-state index contributed by atoms with van der Waals surface area (Å²) in [4.78, 5) is 23.6. The molecule has 0 aliphatic carbocycles. The summed E-state index contributed by atoms with van der Waals surface area (Å²) in [6, 6.07) is 6.93. The van der Waals surface area contributed by atoms with Gasteiger partial charge >= 0.3 is 6.03 Å². The van der Waals surface area contributed by atoms with Gasteiger partial charge in [-0.05, 0) is 19.1 Å². The van der Waals surface area contributed by atoms with Crippen molar-refractivity contribution in [3.63, 3.8) is 0 Å². The Morgan fingerprint density at radius 3 is 2.63 bits per heavy atom. The van der Waals surface area contributed by atoms with Crippen molar-refractivity contribution < 1.29 is 19.4 Å². The summed E-state index contributed by atoms with van der Waals surface area (Å²) < 4.78 is 5.38. The number of aliphatic hydroxyl groups is 1. The first-order valence-corrected chi connectivity index (χ1v) is 6.02. The summed E-state index contributed by atoms with van der Waals surface area (Å²) in [5, 5.41) is 12.2. The van der Waals surface area contributed by atoms with Crippen LogP contribution in [-0.2, 0) is 4.79 Å². The molecule has 1 aliphatic rings. The number of β-amino-alcohol motifs (C(OH)–C–C–N with tert-alkyl or cyclic N) is 1. The Labute approximate surface area is 111 Å². The Morgan fingerprint density at radius 1 is 1.37 bits per heavy atom. The van der Waals surface area contributed by atoms with E-state index in [0.717, 1.165) is 10.5 Å². The van der Waals surface area contributed by atoms with Crippen LogP contribution in [0.3, 0.4) is 0 Å². The number of aliphatic hydroxyl groups excluding tert-OH is 1. The first kappa shape index (κ1) is 13.4. The molecular formula is C13H16N2O4. The third-order valence-corrected chi connectivity index (χ3v) is 2.79. The van der Waals surface area contributed by atoms with Gasteiger partial charge < -0.3 is 15.2 Å². The molecule has 0 unspecified atom stereocenters. The Morgan fingerprint density at radius 2 is 2.05 bits per heavy atom. The lowest BCUT2D eigenvalue weighted by atomic mass is 10.2. The van der Waals surface area contributed by atoms with Gasteiger partial charge in [0.2, 0.25) is 5.91 Å². The number of nitrogens with one attached hydrogen (secondary N) is 1. The zero-order chi connectivity index (χ0) is 13.8. The molecule has 0 spiro atoms. The van der Waals surface area contributed by atoms with E-state index in [4.69, 9.17) is 4.74 Å². The number of hydrogen-bond acceptors (Lipinski definition) is 4. The predicted octanol–water partition coefficient (Wildman–Crippen LogP) is 0.287.